The standard InChI is InChI=1S/C17H25ClN4O3/c1-17(2,3)6-7-19-15(23)22(14-5-4-13(18)12-20-14)10-8-21(9-11-22)16(24)25/h4-5,12H,6-11H2,1-3H3,(H-,19,23,24,25)/p+1. The van der Waals surface area contributed by atoms with Gasteiger partial charge < -0.3 is 10.4 Å². The van der Waals surface area contributed by atoms with Crippen LogP contribution in [0.3, 0.4) is 0 Å². The van der Waals surface area contributed by atoms with E-state index in [0.717, 1.165) is 6.42 Å². The van der Waals surface area contributed by atoms with E-state index in [2.05, 4.69) is 31.1 Å². The number of nitrogens with zero attached hydrogens (tertiary/aromatic N) is 3. The molecule has 0 bridgehead atoms. The lowest BCUT2D eigenvalue weighted by Gasteiger charge is -2.40. The van der Waals surface area contributed by atoms with Crippen molar-refractivity contribution in [1.82, 2.24) is 19.7 Å². The maximum Gasteiger partial charge on any atom is 0.423 e. The predicted octanol–water partition coefficient (Wildman–Crippen LogP) is 3.18. The number of hydrogen-bond acceptors (Lipinski definition) is 3. The molecule has 3 amide bonds. The van der Waals surface area contributed by atoms with Gasteiger partial charge in [-0.15, -0.1) is 0 Å². The van der Waals surface area contributed by atoms with Crippen molar-refractivity contribution in [2.45, 2.75) is 27.2 Å². The molecule has 0 radical (unpaired) electrons. The lowest BCUT2D eigenvalue weighted by molar-refractivity contribution is 0.111. The molecule has 1 aliphatic rings. The minimum atomic E-state index is -0.963. The maximum atomic E-state index is 13.0. The highest BCUT2D eigenvalue weighted by Crippen LogP contribution is 2.25. The zero-order valence-corrected chi connectivity index (χ0v) is 15.7. The summed E-state index contributed by atoms with van der Waals surface area (Å²) in [6.45, 7) is 8.20. The van der Waals surface area contributed by atoms with Crippen LogP contribution >= 0.6 is 11.6 Å². The number of amides is 3. The van der Waals surface area contributed by atoms with E-state index in [1.807, 2.05) is 0 Å². The summed E-state index contributed by atoms with van der Waals surface area (Å²) in [6.07, 6.45) is 1.41. The average Bonchev–Trinajstić information content (AvgIpc) is 2.54. The molecule has 2 heterocycles. The van der Waals surface area contributed by atoms with Gasteiger partial charge in [-0.1, -0.05) is 32.4 Å². The molecule has 0 saturated carbocycles. The second kappa shape index (κ2) is 7.58. The fourth-order valence-corrected chi connectivity index (χ4v) is 2.96. The summed E-state index contributed by atoms with van der Waals surface area (Å²) in [5, 5.41) is 12.7. The van der Waals surface area contributed by atoms with Crippen molar-refractivity contribution < 1.29 is 14.7 Å². The Labute approximate surface area is 153 Å². The second-order valence-electron chi connectivity index (χ2n) is 7.56. The molecular weight excluding hydrogens is 344 g/mol. The Kier molecular flexibility index (Phi) is 5.90. The van der Waals surface area contributed by atoms with Gasteiger partial charge in [0.15, 0.2) is 0 Å². The van der Waals surface area contributed by atoms with Gasteiger partial charge in [0.05, 0.1) is 24.3 Å². The van der Waals surface area contributed by atoms with E-state index in [4.69, 9.17) is 11.6 Å². The highest BCUT2D eigenvalue weighted by Gasteiger charge is 2.44. The van der Waals surface area contributed by atoms with E-state index in [1.165, 1.54) is 11.1 Å². The van der Waals surface area contributed by atoms with Crippen molar-refractivity contribution in [3.8, 4) is 0 Å². The van der Waals surface area contributed by atoms with Crippen LogP contribution in [0.15, 0.2) is 18.3 Å². The zero-order chi connectivity index (χ0) is 18.7. The first kappa shape index (κ1) is 19.5. The Morgan fingerprint density at radius 2 is 1.96 bits per heavy atom. The number of carbonyl (C=O) groups excluding carboxylic acids is 1. The summed E-state index contributed by atoms with van der Waals surface area (Å²) in [5.41, 5.74) is 0.124. The molecule has 7 nitrogen and oxygen atoms in total. The van der Waals surface area contributed by atoms with Crippen LogP contribution in [0.2, 0.25) is 5.02 Å². The molecule has 0 atom stereocenters. The average molecular weight is 370 g/mol. The summed E-state index contributed by atoms with van der Waals surface area (Å²) in [5.74, 6) is 0.586. The fourth-order valence-electron chi connectivity index (χ4n) is 2.85. The zero-order valence-electron chi connectivity index (χ0n) is 15.0. The third-order valence-electron chi connectivity index (χ3n) is 4.46. The molecule has 0 spiro atoms. The van der Waals surface area contributed by atoms with E-state index in [0.29, 0.717) is 30.5 Å². The number of carbonyl (C=O) groups is 2. The number of rotatable bonds is 3. The smallest absolute Gasteiger partial charge is 0.423 e. The van der Waals surface area contributed by atoms with Crippen molar-refractivity contribution in [3.05, 3.63) is 23.4 Å². The predicted molar refractivity (Wildman–Crippen MR) is 97.8 cm³/mol. The van der Waals surface area contributed by atoms with Crippen LogP contribution in [0, 0.1) is 5.41 Å². The highest BCUT2D eigenvalue weighted by molar-refractivity contribution is 6.30. The van der Waals surface area contributed by atoms with Crippen LogP contribution in [0.1, 0.15) is 27.2 Å². The molecule has 0 aliphatic carbocycles. The Hall–Kier alpha value is -1.86. The number of hydrogen-bond donors (Lipinski definition) is 2. The molecule has 1 aromatic rings. The SMILES string of the molecule is CC(C)(C)CCNC(=O)[N+]1(c2ccc(Cl)cn2)CCN(C(=O)O)CC1. The monoisotopic (exact) mass is 369 g/mol. The number of pyridine rings is 1. The Morgan fingerprint density at radius 3 is 2.44 bits per heavy atom. The first-order valence-corrected chi connectivity index (χ1v) is 8.77. The summed E-state index contributed by atoms with van der Waals surface area (Å²) >= 11 is 5.92. The third-order valence-corrected chi connectivity index (χ3v) is 4.69. The molecule has 2 rings (SSSR count). The van der Waals surface area contributed by atoms with E-state index in [1.54, 1.807) is 12.1 Å². The topological polar surface area (TPSA) is 82.5 Å². The number of aromatic nitrogens is 1. The summed E-state index contributed by atoms with van der Waals surface area (Å²) in [4.78, 5) is 29.8. The summed E-state index contributed by atoms with van der Waals surface area (Å²) in [6, 6.07) is 3.29. The number of quaternary nitrogens is 1. The first-order chi connectivity index (χ1) is 11.6. The van der Waals surface area contributed by atoms with Crippen molar-refractivity contribution >= 4 is 29.5 Å². The normalized spacial score (nSPS) is 17.2. The van der Waals surface area contributed by atoms with E-state index >= 15 is 0 Å². The highest BCUT2D eigenvalue weighted by atomic mass is 35.5. The van der Waals surface area contributed by atoms with Gasteiger partial charge in [-0.3, -0.25) is 4.90 Å². The Balaban J connectivity index is 2.19. The largest absolute Gasteiger partial charge is 0.465 e. The maximum absolute atomic E-state index is 13.0. The van der Waals surface area contributed by atoms with Gasteiger partial charge in [0.25, 0.3) is 0 Å². The fraction of sp³-hybridized carbons (Fsp3) is 0.588. The van der Waals surface area contributed by atoms with Crippen LogP contribution in [0.25, 0.3) is 0 Å². The lowest BCUT2D eigenvalue weighted by atomic mass is 9.92. The molecule has 8 heteroatoms. The minimum absolute atomic E-state index is 0.00884. The van der Waals surface area contributed by atoms with E-state index < -0.39 is 6.09 Å². The molecule has 1 aromatic heterocycles. The minimum Gasteiger partial charge on any atom is -0.465 e. The number of nitrogens with one attached hydrogen (secondary N) is 1. The van der Waals surface area contributed by atoms with Crippen molar-refractivity contribution in [3.63, 3.8) is 0 Å². The van der Waals surface area contributed by atoms with Gasteiger partial charge in [-0.25, -0.2) is 14.6 Å². The number of piperazine rings is 1. The van der Waals surface area contributed by atoms with Gasteiger partial charge in [-0.2, -0.15) is 4.48 Å². The van der Waals surface area contributed by atoms with Gasteiger partial charge in [0.1, 0.15) is 13.1 Å². The van der Waals surface area contributed by atoms with Gasteiger partial charge in [0, 0.05) is 12.6 Å². The molecule has 25 heavy (non-hydrogen) atoms. The second-order valence-corrected chi connectivity index (χ2v) is 8.00. The molecular formula is C17H26ClN4O3+. The number of carboxylic acid groups (broad SMARTS) is 1. The van der Waals surface area contributed by atoms with Crippen molar-refractivity contribution in [2.24, 2.45) is 5.41 Å². The number of urea groups is 1. The third kappa shape index (κ3) is 4.83. The van der Waals surface area contributed by atoms with Crippen LogP contribution in [-0.2, 0) is 0 Å². The Morgan fingerprint density at radius 1 is 1.32 bits per heavy atom. The molecule has 1 fully saturated rings. The molecule has 1 saturated heterocycles. The van der Waals surface area contributed by atoms with Crippen LogP contribution < -0.4 is 9.80 Å². The Bertz CT molecular complexity index is 620. The van der Waals surface area contributed by atoms with Gasteiger partial charge in [0.2, 0.25) is 5.82 Å². The summed E-state index contributed by atoms with van der Waals surface area (Å²) < 4.78 is -0.00884. The molecule has 0 unspecified atom stereocenters. The summed E-state index contributed by atoms with van der Waals surface area (Å²) in [7, 11) is 0. The molecule has 2 N–H and O–H groups in total. The molecule has 0 aromatic carbocycles. The first-order valence-electron chi connectivity index (χ1n) is 8.39. The number of halogens is 1. The van der Waals surface area contributed by atoms with E-state index in [-0.39, 0.29) is 29.0 Å². The van der Waals surface area contributed by atoms with Crippen molar-refractivity contribution in [2.75, 3.05) is 32.7 Å². The molecule has 138 valence electrons. The van der Waals surface area contributed by atoms with Gasteiger partial charge >= 0.3 is 12.1 Å². The quantitative estimate of drug-likeness (QED) is 0.801. The van der Waals surface area contributed by atoms with E-state index in [9.17, 15) is 14.7 Å². The van der Waals surface area contributed by atoms with Crippen molar-refractivity contribution in [1.29, 1.82) is 0 Å². The molecule has 1 aliphatic heterocycles. The van der Waals surface area contributed by atoms with Crippen LogP contribution in [0.5, 0.6) is 0 Å². The lowest BCUT2D eigenvalue weighted by Crippen LogP contribution is -2.67. The van der Waals surface area contributed by atoms with Crippen LogP contribution in [0.4, 0.5) is 15.4 Å². The van der Waals surface area contributed by atoms with Gasteiger partial charge in [-0.05, 0) is 17.9 Å². The van der Waals surface area contributed by atoms with Crippen LogP contribution in [-0.4, -0.2) is 59.8 Å².